The lowest BCUT2D eigenvalue weighted by molar-refractivity contribution is 0.0736. The van der Waals surface area contributed by atoms with Crippen molar-refractivity contribution in [1.29, 1.82) is 0 Å². The Hall–Kier alpha value is -0.970. The van der Waals surface area contributed by atoms with Crippen molar-refractivity contribution in [3.8, 4) is 0 Å². The molecule has 3 heterocycles. The van der Waals surface area contributed by atoms with Crippen molar-refractivity contribution < 1.29 is 4.79 Å². The van der Waals surface area contributed by atoms with Gasteiger partial charge in [-0.15, -0.1) is 0 Å². The minimum absolute atomic E-state index is 0.141. The van der Waals surface area contributed by atoms with E-state index in [9.17, 15) is 4.79 Å². The smallest absolute Gasteiger partial charge is 0.272 e. The number of amides is 1. The van der Waals surface area contributed by atoms with Gasteiger partial charge in [0.05, 0.1) is 0 Å². The van der Waals surface area contributed by atoms with E-state index in [0.29, 0.717) is 17.0 Å². The molecule has 3 rings (SSSR count). The molecule has 2 unspecified atom stereocenters. The molecule has 1 aromatic rings. The zero-order valence-electron chi connectivity index (χ0n) is 8.59. The predicted molar refractivity (Wildman–Crippen MR) is 58.9 cm³/mol. The van der Waals surface area contributed by atoms with Crippen molar-refractivity contribution in [3.63, 3.8) is 0 Å². The Morgan fingerprint density at radius 2 is 2.53 bits per heavy atom. The van der Waals surface area contributed by atoms with Crippen LogP contribution in [-0.4, -0.2) is 44.2 Å². The number of carbonyl (C=O) groups excluding carboxylic acids is 1. The quantitative estimate of drug-likeness (QED) is 0.705. The number of rotatable bonds is 1. The number of carbonyl (C=O) groups is 1. The third kappa shape index (κ3) is 1.37. The molecule has 2 saturated heterocycles. The maximum Gasteiger partial charge on any atom is 0.272 e. The molecule has 2 atom stereocenters. The number of aromatic nitrogens is 2. The second kappa shape index (κ2) is 3.27. The van der Waals surface area contributed by atoms with E-state index >= 15 is 0 Å². The van der Waals surface area contributed by atoms with E-state index in [0.717, 1.165) is 12.3 Å². The van der Waals surface area contributed by atoms with Crippen LogP contribution in [0.4, 0.5) is 0 Å². The van der Waals surface area contributed by atoms with Gasteiger partial charge in [-0.1, -0.05) is 0 Å². The van der Waals surface area contributed by atoms with Crippen LogP contribution in [-0.2, 0) is 7.05 Å². The molecule has 0 aliphatic carbocycles. The first-order valence-electron chi connectivity index (χ1n) is 5.16. The predicted octanol–water partition coefficient (Wildman–Crippen LogP) is 0.750. The molecule has 1 amide bonds. The van der Waals surface area contributed by atoms with Crippen LogP contribution < -0.4 is 0 Å². The van der Waals surface area contributed by atoms with E-state index in [1.54, 1.807) is 16.9 Å². The Kier molecular flexibility index (Phi) is 2.02. The van der Waals surface area contributed by atoms with Crippen molar-refractivity contribution >= 4 is 17.7 Å². The molecule has 0 saturated carbocycles. The number of thioether (sulfide) groups is 1. The van der Waals surface area contributed by atoms with Crippen LogP contribution in [0, 0.1) is 0 Å². The van der Waals surface area contributed by atoms with E-state index in [1.807, 2.05) is 23.7 Å². The summed E-state index contributed by atoms with van der Waals surface area (Å²) in [5, 5.41) is 4.71. The average molecular weight is 223 g/mol. The second-order valence-electron chi connectivity index (χ2n) is 4.14. The van der Waals surface area contributed by atoms with Crippen molar-refractivity contribution in [1.82, 2.24) is 14.7 Å². The fraction of sp³-hybridized carbons (Fsp3) is 0.600. The van der Waals surface area contributed by atoms with Gasteiger partial charge in [-0.05, 0) is 12.5 Å². The largest absolute Gasteiger partial charge is 0.332 e. The van der Waals surface area contributed by atoms with Gasteiger partial charge in [-0.25, -0.2) is 0 Å². The lowest BCUT2D eigenvalue weighted by Crippen LogP contribution is -2.39. The maximum absolute atomic E-state index is 12.2. The van der Waals surface area contributed by atoms with E-state index in [2.05, 4.69) is 5.10 Å². The van der Waals surface area contributed by atoms with Crippen molar-refractivity contribution in [2.24, 2.45) is 7.05 Å². The average Bonchev–Trinajstić information content (AvgIpc) is 2.91. The monoisotopic (exact) mass is 223 g/mol. The highest BCUT2D eigenvalue weighted by molar-refractivity contribution is 8.00. The topological polar surface area (TPSA) is 38.1 Å². The fourth-order valence-corrected chi connectivity index (χ4v) is 3.81. The minimum Gasteiger partial charge on any atom is -0.332 e. The zero-order chi connectivity index (χ0) is 10.4. The van der Waals surface area contributed by atoms with Crippen LogP contribution in [0.15, 0.2) is 12.3 Å². The molecule has 5 heteroatoms. The van der Waals surface area contributed by atoms with Crippen molar-refractivity contribution in [2.45, 2.75) is 17.7 Å². The summed E-state index contributed by atoms with van der Waals surface area (Å²) in [5.74, 6) is 1.25. The minimum atomic E-state index is 0.141. The van der Waals surface area contributed by atoms with Crippen LogP contribution in [0.1, 0.15) is 16.9 Å². The van der Waals surface area contributed by atoms with Gasteiger partial charge in [-0.3, -0.25) is 9.48 Å². The zero-order valence-corrected chi connectivity index (χ0v) is 9.41. The standard InChI is InChI=1S/C10H13N3OS/c1-12-9(2-3-11-12)10(14)13-5-8-4-7(13)6-15-8/h2-3,7-8H,4-6H2,1H3. The molecule has 1 aromatic heterocycles. The summed E-state index contributed by atoms with van der Waals surface area (Å²) in [6, 6.07) is 2.25. The highest BCUT2D eigenvalue weighted by atomic mass is 32.2. The van der Waals surface area contributed by atoms with Gasteiger partial charge in [0.2, 0.25) is 0 Å². The molecule has 4 nitrogen and oxygen atoms in total. The first-order chi connectivity index (χ1) is 7.25. The van der Waals surface area contributed by atoms with E-state index in [1.165, 1.54) is 6.42 Å². The van der Waals surface area contributed by atoms with E-state index in [4.69, 9.17) is 0 Å². The Balaban J connectivity index is 1.84. The number of aryl methyl sites for hydroxylation is 1. The summed E-state index contributed by atoms with van der Waals surface area (Å²) in [6.07, 6.45) is 2.85. The third-order valence-corrected chi connectivity index (χ3v) is 4.59. The molecule has 2 aliphatic rings. The van der Waals surface area contributed by atoms with Gasteiger partial charge in [0.1, 0.15) is 5.69 Å². The van der Waals surface area contributed by atoms with Crippen LogP contribution >= 0.6 is 11.8 Å². The summed E-state index contributed by atoms with van der Waals surface area (Å²) < 4.78 is 1.65. The molecule has 2 fully saturated rings. The highest BCUT2D eigenvalue weighted by Crippen LogP contribution is 2.37. The first-order valence-corrected chi connectivity index (χ1v) is 6.21. The molecule has 80 valence electrons. The van der Waals surface area contributed by atoms with Gasteiger partial charge in [0.15, 0.2) is 0 Å². The maximum atomic E-state index is 12.2. The third-order valence-electron chi connectivity index (χ3n) is 3.20. The summed E-state index contributed by atoms with van der Waals surface area (Å²) in [7, 11) is 1.82. The summed E-state index contributed by atoms with van der Waals surface area (Å²) in [5.41, 5.74) is 0.701. The van der Waals surface area contributed by atoms with Gasteiger partial charge in [0, 0.05) is 36.8 Å². The molecule has 15 heavy (non-hydrogen) atoms. The first kappa shape index (κ1) is 9.27. The lowest BCUT2D eigenvalue weighted by atomic mass is 10.2. The number of likely N-dealkylation sites (tertiary alicyclic amines) is 1. The van der Waals surface area contributed by atoms with Crippen molar-refractivity contribution in [2.75, 3.05) is 12.3 Å². The molecule has 0 N–H and O–H groups in total. The lowest BCUT2D eigenvalue weighted by Gasteiger charge is -2.26. The van der Waals surface area contributed by atoms with E-state index in [-0.39, 0.29) is 5.91 Å². The van der Waals surface area contributed by atoms with Gasteiger partial charge in [-0.2, -0.15) is 16.9 Å². The molecule has 2 aliphatic heterocycles. The Labute approximate surface area is 92.6 Å². The van der Waals surface area contributed by atoms with E-state index < -0.39 is 0 Å². The number of hydrogen-bond donors (Lipinski definition) is 0. The van der Waals surface area contributed by atoms with Crippen LogP contribution in [0.2, 0.25) is 0 Å². The molecular weight excluding hydrogens is 210 g/mol. The molecule has 2 bridgehead atoms. The molecule has 0 spiro atoms. The van der Waals surface area contributed by atoms with Gasteiger partial charge in [0.25, 0.3) is 5.91 Å². The Morgan fingerprint density at radius 3 is 3.07 bits per heavy atom. The Morgan fingerprint density at radius 1 is 1.67 bits per heavy atom. The van der Waals surface area contributed by atoms with Gasteiger partial charge < -0.3 is 4.90 Å². The van der Waals surface area contributed by atoms with Crippen molar-refractivity contribution in [3.05, 3.63) is 18.0 Å². The van der Waals surface area contributed by atoms with Gasteiger partial charge >= 0.3 is 0 Å². The summed E-state index contributed by atoms with van der Waals surface area (Å²) >= 11 is 2.00. The van der Waals surface area contributed by atoms with Crippen LogP contribution in [0.25, 0.3) is 0 Å². The summed E-state index contributed by atoms with van der Waals surface area (Å²) in [6.45, 7) is 0.916. The number of hydrogen-bond acceptors (Lipinski definition) is 3. The fourth-order valence-electron chi connectivity index (χ4n) is 2.38. The number of nitrogens with zero attached hydrogens (tertiary/aromatic N) is 3. The molecular formula is C10H13N3OS. The SMILES string of the molecule is Cn1nccc1C(=O)N1CC2CC1CS2. The molecule has 0 radical (unpaired) electrons. The second-order valence-corrected chi connectivity index (χ2v) is 5.48. The highest BCUT2D eigenvalue weighted by Gasteiger charge is 2.41. The van der Waals surface area contributed by atoms with Crippen LogP contribution in [0.5, 0.6) is 0 Å². The normalized spacial score (nSPS) is 28.7. The number of fused-ring (bicyclic) bond motifs is 2. The molecule has 0 aromatic carbocycles. The Bertz CT molecular complexity index is 403. The summed E-state index contributed by atoms with van der Waals surface area (Å²) in [4.78, 5) is 14.2. The van der Waals surface area contributed by atoms with Crippen LogP contribution in [0.3, 0.4) is 0 Å².